The smallest absolute Gasteiger partial charge is 0.417 e. The van der Waals surface area contributed by atoms with Crippen molar-refractivity contribution in [3.63, 3.8) is 0 Å². The van der Waals surface area contributed by atoms with E-state index in [9.17, 15) is 4.79 Å². The molecule has 1 unspecified atom stereocenters. The molecule has 1 saturated heterocycles. The fourth-order valence-electron chi connectivity index (χ4n) is 4.35. The van der Waals surface area contributed by atoms with Gasteiger partial charge in [0.2, 0.25) is 0 Å². The molecular weight excluding hydrogens is 428 g/mol. The Kier molecular flexibility index (Phi) is 6.18. The van der Waals surface area contributed by atoms with Gasteiger partial charge in [0.25, 0.3) is 6.01 Å². The third-order valence-electron chi connectivity index (χ3n) is 6.24. The van der Waals surface area contributed by atoms with E-state index >= 15 is 0 Å². The largest absolute Gasteiger partial charge is 0.423 e. The van der Waals surface area contributed by atoms with Crippen molar-refractivity contribution in [1.82, 2.24) is 9.88 Å². The fourth-order valence-corrected chi connectivity index (χ4v) is 4.35. The Bertz CT molecular complexity index is 1270. The van der Waals surface area contributed by atoms with E-state index in [1.165, 1.54) is 0 Å². The predicted molar refractivity (Wildman–Crippen MR) is 134 cm³/mol. The summed E-state index contributed by atoms with van der Waals surface area (Å²) in [6, 6.07) is 23.8. The van der Waals surface area contributed by atoms with Crippen LogP contribution in [0.25, 0.3) is 22.2 Å². The van der Waals surface area contributed by atoms with Crippen LogP contribution in [0.15, 0.2) is 77.2 Å². The van der Waals surface area contributed by atoms with Crippen LogP contribution in [0.4, 0.5) is 16.5 Å². The monoisotopic (exact) mass is 456 g/mol. The first kappa shape index (κ1) is 22.0. The third-order valence-corrected chi connectivity index (χ3v) is 6.24. The Morgan fingerprint density at radius 2 is 1.85 bits per heavy atom. The van der Waals surface area contributed by atoms with Crippen molar-refractivity contribution >= 4 is 28.9 Å². The lowest BCUT2D eigenvalue weighted by molar-refractivity contribution is 0.215. The van der Waals surface area contributed by atoms with Crippen LogP contribution in [0, 0.1) is 0 Å². The van der Waals surface area contributed by atoms with E-state index < -0.39 is 6.09 Å². The summed E-state index contributed by atoms with van der Waals surface area (Å²) in [6.45, 7) is 2.11. The summed E-state index contributed by atoms with van der Waals surface area (Å²) in [6.07, 6.45) is 1.72. The molecule has 1 aromatic heterocycles. The van der Waals surface area contributed by atoms with E-state index in [1.807, 2.05) is 55.6 Å². The maximum absolute atomic E-state index is 12.4. The molecule has 7 heteroatoms. The van der Waals surface area contributed by atoms with Gasteiger partial charge in [-0.05, 0) is 67.9 Å². The van der Waals surface area contributed by atoms with Gasteiger partial charge in [-0.25, -0.2) is 4.79 Å². The van der Waals surface area contributed by atoms with Gasteiger partial charge in [0, 0.05) is 25.3 Å². The number of aromatic nitrogens is 1. The molecule has 3 aromatic carbocycles. The Balaban J connectivity index is 1.23. The molecule has 1 amide bonds. The highest BCUT2D eigenvalue weighted by molar-refractivity contribution is 5.89. The van der Waals surface area contributed by atoms with E-state index in [2.05, 4.69) is 27.1 Å². The quantitative estimate of drug-likeness (QED) is 0.419. The number of amides is 1. The molecule has 4 aromatic rings. The number of carbonyl (C=O) groups is 1. The Morgan fingerprint density at radius 1 is 1.09 bits per heavy atom. The molecular formula is C27H28N4O3. The number of rotatable bonds is 5. The number of benzene rings is 3. The van der Waals surface area contributed by atoms with Gasteiger partial charge in [-0.2, -0.15) is 4.98 Å². The number of nitrogens with one attached hydrogen (secondary N) is 1. The minimum Gasteiger partial charge on any atom is -0.423 e. The summed E-state index contributed by atoms with van der Waals surface area (Å²) in [5.41, 5.74) is 4.14. The highest BCUT2D eigenvalue weighted by atomic mass is 16.6. The lowest BCUT2D eigenvalue weighted by Crippen LogP contribution is -2.45. The maximum Gasteiger partial charge on any atom is 0.417 e. The molecule has 1 N–H and O–H groups in total. The van der Waals surface area contributed by atoms with E-state index in [4.69, 9.17) is 9.15 Å². The van der Waals surface area contributed by atoms with Crippen molar-refractivity contribution in [2.45, 2.75) is 18.9 Å². The average Bonchev–Trinajstić information content (AvgIpc) is 3.28. The molecule has 0 spiro atoms. The number of likely N-dealkylation sites (N-methyl/N-ethyl adjacent to an activating group) is 2. The molecule has 2 heterocycles. The van der Waals surface area contributed by atoms with Gasteiger partial charge in [-0.15, -0.1) is 0 Å². The number of anilines is 2. The summed E-state index contributed by atoms with van der Waals surface area (Å²) in [4.78, 5) is 21.5. The van der Waals surface area contributed by atoms with Crippen molar-refractivity contribution < 1.29 is 13.9 Å². The van der Waals surface area contributed by atoms with E-state index in [1.54, 1.807) is 24.3 Å². The lowest BCUT2D eigenvalue weighted by atomic mass is 10.1. The summed E-state index contributed by atoms with van der Waals surface area (Å²) >= 11 is 0. The molecule has 0 aliphatic carbocycles. The molecule has 0 bridgehead atoms. The van der Waals surface area contributed by atoms with Gasteiger partial charge < -0.3 is 19.0 Å². The van der Waals surface area contributed by atoms with Crippen molar-refractivity contribution in [1.29, 1.82) is 0 Å². The maximum atomic E-state index is 12.4. The minimum atomic E-state index is -0.558. The lowest BCUT2D eigenvalue weighted by Gasteiger charge is -2.34. The van der Waals surface area contributed by atoms with E-state index in [0.29, 0.717) is 34.6 Å². The number of ether oxygens (including phenoxy) is 1. The second-order valence-electron chi connectivity index (χ2n) is 8.75. The van der Waals surface area contributed by atoms with Crippen molar-refractivity contribution in [2.75, 3.05) is 37.4 Å². The van der Waals surface area contributed by atoms with Crippen molar-refractivity contribution in [2.24, 2.45) is 0 Å². The van der Waals surface area contributed by atoms with Crippen LogP contribution < -0.4 is 15.0 Å². The fraction of sp³-hybridized carbons (Fsp3) is 0.259. The van der Waals surface area contributed by atoms with Gasteiger partial charge in [-0.1, -0.05) is 42.5 Å². The summed E-state index contributed by atoms with van der Waals surface area (Å²) in [5.74, 6) is 0.473. The zero-order chi connectivity index (χ0) is 23.5. The van der Waals surface area contributed by atoms with Gasteiger partial charge in [0.1, 0.15) is 11.3 Å². The third kappa shape index (κ3) is 4.89. The van der Waals surface area contributed by atoms with Gasteiger partial charge in [0.15, 0.2) is 5.58 Å². The van der Waals surface area contributed by atoms with E-state index in [-0.39, 0.29) is 0 Å². The SMILES string of the molecule is CN1CCCC(N(C)c2nc3cc(NC(=O)Oc4ccc(-c5ccccc5)cc4)ccc3o2)C1. The Labute approximate surface area is 198 Å². The molecule has 0 radical (unpaired) electrons. The molecule has 34 heavy (non-hydrogen) atoms. The van der Waals surface area contributed by atoms with Crippen LogP contribution in [0.5, 0.6) is 5.75 Å². The molecule has 7 nitrogen and oxygen atoms in total. The number of likely N-dealkylation sites (tertiary alicyclic amines) is 1. The summed E-state index contributed by atoms with van der Waals surface area (Å²) in [7, 11) is 4.16. The molecule has 1 atom stereocenters. The van der Waals surface area contributed by atoms with Crippen LogP contribution in [0.2, 0.25) is 0 Å². The second-order valence-corrected chi connectivity index (χ2v) is 8.75. The number of piperidine rings is 1. The normalized spacial score (nSPS) is 16.4. The number of hydrogen-bond acceptors (Lipinski definition) is 6. The molecule has 1 fully saturated rings. The number of hydrogen-bond donors (Lipinski definition) is 1. The molecule has 0 saturated carbocycles. The standard InChI is InChI=1S/C27H28N4O3/c1-30-16-6-9-22(18-30)31(2)26-29-24-17-21(12-15-25(24)34-26)28-27(32)33-23-13-10-20(11-14-23)19-7-4-3-5-8-19/h3-5,7-8,10-15,17,22H,6,9,16,18H2,1-2H3,(H,28,32). The van der Waals surface area contributed by atoms with Crippen LogP contribution in [-0.4, -0.2) is 49.2 Å². The highest BCUT2D eigenvalue weighted by Gasteiger charge is 2.24. The van der Waals surface area contributed by atoms with Gasteiger partial charge in [-0.3, -0.25) is 5.32 Å². The van der Waals surface area contributed by atoms with Crippen LogP contribution in [0.3, 0.4) is 0 Å². The Morgan fingerprint density at radius 3 is 2.62 bits per heavy atom. The number of fused-ring (bicyclic) bond motifs is 1. The Hall–Kier alpha value is -3.84. The number of carbonyl (C=O) groups excluding carboxylic acids is 1. The van der Waals surface area contributed by atoms with Crippen LogP contribution >= 0.6 is 0 Å². The van der Waals surface area contributed by atoms with Gasteiger partial charge in [0.05, 0.1) is 0 Å². The van der Waals surface area contributed by atoms with E-state index in [0.717, 1.165) is 37.1 Å². The highest BCUT2D eigenvalue weighted by Crippen LogP contribution is 2.27. The molecule has 1 aliphatic heterocycles. The van der Waals surface area contributed by atoms with Gasteiger partial charge >= 0.3 is 6.09 Å². The van der Waals surface area contributed by atoms with Crippen LogP contribution in [-0.2, 0) is 0 Å². The molecule has 174 valence electrons. The summed E-state index contributed by atoms with van der Waals surface area (Å²) in [5, 5.41) is 2.77. The summed E-state index contributed by atoms with van der Waals surface area (Å²) < 4.78 is 11.4. The first-order valence-electron chi connectivity index (χ1n) is 11.5. The topological polar surface area (TPSA) is 70.8 Å². The first-order valence-corrected chi connectivity index (χ1v) is 11.5. The van der Waals surface area contributed by atoms with Crippen molar-refractivity contribution in [3.05, 3.63) is 72.8 Å². The zero-order valence-corrected chi connectivity index (χ0v) is 19.4. The molecule has 5 rings (SSSR count). The zero-order valence-electron chi connectivity index (χ0n) is 19.4. The average molecular weight is 457 g/mol. The molecule has 1 aliphatic rings. The number of nitrogens with zero attached hydrogens (tertiary/aromatic N) is 3. The first-order chi connectivity index (χ1) is 16.5. The minimum absolute atomic E-state index is 0.368. The number of oxazole rings is 1. The van der Waals surface area contributed by atoms with Crippen LogP contribution in [0.1, 0.15) is 12.8 Å². The second kappa shape index (κ2) is 9.57. The predicted octanol–water partition coefficient (Wildman–Crippen LogP) is 5.64. The van der Waals surface area contributed by atoms with Crippen molar-refractivity contribution in [3.8, 4) is 16.9 Å².